The standard InChI is InChI=1S/C14H14N4O/c19-12-3-7-18(8-4-12)14-9-13(16-10-17-14)11-1-5-15-6-2-11/h1-2,5-6,9-10H,3-4,7-8H2. The van der Waals surface area contributed by atoms with Crippen LogP contribution in [0.3, 0.4) is 0 Å². The fraction of sp³-hybridized carbons (Fsp3) is 0.286. The first-order valence-corrected chi connectivity index (χ1v) is 6.32. The number of anilines is 1. The molecule has 0 radical (unpaired) electrons. The van der Waals surface area contributed by atoms with E-state index in [-0.39, 0.29) is 0 Å². The Morgan fingerprint density at radius 3 is 2.53 bits per heavy atom. The Bertz CT molecular complexity index is 575. The van der Waals surface area contributed by atoms with E-state index in [9.17, 15) is 4.79 Å². The number of piperidine rings is 1. The summed E-state index contributed by atoms with van der Waals surface area (Å²) in [5.41, 5.74) is 1.90. The first kappa shape index (κ1) is 11.8. The molecule has 3 rings (SSSR count). The number of pyridine rings is 1. The number of Topliss-reactive ketones (excluding diaryl/α,β-unsaturated/α-hetero) is 1. The highest BCUT2D eigenvalue weighted by molar-refractivity contribution is 5.81. The predicted molar refractivity (Wildman–Crippen MR) is 71.7 cm³/mol. The van der Waals surface area contributed by atoms with Crippen molar-refractivity contribution in [3.05, 3.63) is 36.9 Å². The zero-order valence-electron chi connectivity index (χ0n) is 10.5. The molecule has 0 aliphatic carbocycles. The van der Waals surface area contributed by atoms with E-state index in [2.05, 4.69) is 19.9 Å². The van der Waals surface area contributed by atoms with Gasteiger partial charge in [-0.15, -0.1) is 0 Å². The summed E-state index contributed by atoms with van der Waals surface area (Å²) < 4.78 is 0. The van der Waals surface area contributed by atoms with Crippen molar-refractivity contribution < 1.29 is 4.79 Å². The zero-order valence-corrected chi connectivity index (χ0v) is 10.5. The Balaban J connectivity index is 1.86. The summed E-state index contributed by atoms with van der Waals surface area (Å²) in [6.45, 7) is 1.48. The molecule has 1 fully saturated rings. The third kappa shape index (κ3) is 2.59. The second kappa shape index (κ2) is 5.14. The monoisotopic (exact) mass is 254 g/mol. The van der Waals surface area contributed by atoms with Gasteiger partial charge in [-0.05, 0) is 12.1 Å². The maximum absolute atomic E-state index is 11.3. The number of hydrogen-bond donors (Lipinski definition) is 0. The fourth-order valence-corrected chi connectivity index (χ4v) is 2.19. The van der Waals surface area contributed by atoms with Gasteiger partial charge in [-0.2, -0.15) is 0 Å². The minimum absolute atomic E-state index is 0.333. The third-order valence-electron chi connectivity index (χ3n) is 3.27. The van der Waals surface area contributed by atoms with Crippen molar-refractivity contribution in [2.75, 3.05) is 18.0 Å². The molecule has 0 bridgehead atoms. The number of hydrogen-bond acceptors (Lipinski definition) is 5. The van der Waals surface area contributed by atoms with E-state index in [1.165, 1.54) is 0 Å². The van der Waals surface area contributed by atoms with Crippen LogP contribution >= 0.6 is 0 Å². The SMILES string of the molecule is O=C1CCN(c2cc(-c3ccncc3)ncn2)CC1. The van der Waals surface area contributed by atoms with Crippen molar-refractivity contribution in [3.63, 3.8) is 0 Å². The van der Waals surface area contributed by atoms with Crippen LogP contribution in [-0.4, -0.2) is 33.8 Å². The summed E-state index contributed by atoms with van der Waals surface area (Å²) in [6.07, 6.45) is 6.28. The summed E-state index contributed by atoms with van der Waals surface area (Å²) in [4.78, 5) is 26.0. The third-order valence-corrected chi connectivity index (χ3v) is 3.27. The van der Waals surface area contributed by atoms with Crippen molar-refractivity contribution in [2.45, 2.75) is 12.8 Å². The van der Waals surface area contributed by atoms with Gasteiger partial charge in [-0.1, -0.05) is 0 Å². The molecule has 19 heavy (non-hydrogen) atoms. The number of carbonyl (C=O) groups is 1. The Morgan fingerprint density at radius 1 is 1.05 bits per heavy atom. The molecule has 0 N–H and O–H groups in total. The summed E-state index contributed by atoms with van der Waals surface area (Å²) >= 11 is 0. The lowest BCUT2D eigenvalue weighted by atomic mass is 10.1. The number of nitrogens with zero attached hydrogens (tertiary/aromatic N) is 4. The average Bonchev–Trinajstić information content (AvgIpc) is 2.49. The second-order valence-electron chi connectivity index (χ2n) is 4.52. The lowest BCUT2D eigenvalue weighted by molar-refractivity contribution is -0.119. The van der Waals surface area contributed by atoms with E-state index in [4.69, 9.17) is 0 Å². The van der Waals surface area contributed by atoms with Gasteiger partial charge in [0.25, 0.3) is 0 Å². The number of rotatable bonds is 2. The molecule has 0 aromatic carbocycles. The number of carbonyl (C=O) groups excluding carboxylic acids is 1. The maximum Gasteiger partial charge on any atom is 0.136 e. The van der Waals surface area contributed by atoms with Crippen LogP contribution in [0.2, 0.25) is 0 Å². The van der Waals surface area contributed by atoms with Crippen molar-refractivity contribution >= 4 is 11.6 Å². The molecule has 5 heteroatoms. The van der Waals surface area contributed by atoms with Crippen LogP contribution in [0.5, 0.6) is 0 Å². The molecule has 1 aliphatic heterocycles. The molecule has 1 saturated heterocycles. The van der Waals surface area contributed by atoms with E-state index >= 15 is 0 Å². The van der Waals surface area contributed by atoms with E-state index in [1.807, 2.05) is 18.2 Å². The van der Waals surface area contributed by atoms with Gasteiger partial charge in [-0.3, -0.25) is 9.78 Å². The molecule has 96 valence electrons. The van der Waals surface area contributed by atoms with Crippen molar-refractivity contribution in [2.24, 2.45) is 0 Å². The molecule has 2 aromatic rings. The fourth-order valence-electron chi connectivity index (χ4n) is 2.19. The minimum Gasteiger partial charge on any atom is -0.356 e. The van der Waals surface area contributed by atoms with Gasteiger partial charge in [0.1, 0.15) is 17.9 Å². The molecule has 0 unspecified atom stereocenters. The molecular formula is C14H14N4O. The number of aromatic nitrogens is 3. The first-order valence-electron chi connectivity index (χ1n) is 6.32. The molecule has 1 aliphatic rings. The van der Waals surface area contributed by atoms with Gasteiger partial charge in [0.15, 0.2) is 0 Å². The molecule has 0 spiro atoms. The van der Waals surface area contributed by atoms with Crippen LogP contribution in [-0.2, 0) is 4.79 Å². The van der Waals surface area contributed by atoms with Crippen LogP contribution in [0.1, 0.15) is 12.8 Å². The molecule has 0 amide bonds. The Kier molecular flexibility index (Phi) is 3.18. The second-order valence-corrected chi connectivity index (χ2v) is 4.52. The zero-order chi connectivity index (χ0) is 13.1. The minimum atomic E-state index is 0.333. The van der Waals surface area contributed by atoms with E-state index in [1.54, 1.807) is 18.7 Å². The quantitative estimate of drug-likeness (QED) is 0.816. The molecule has 0 saturated carbocycles. The van der Waals surface area contributed by atoms with Gasteiger partial charge in [-0.25, -0.2) is 9.97 Å². The van der Waals surface area contributed by atoms with Crippen LogP contribution in [0.4, 0.5) is 5.82 Å². The van der Waals surface area contributed by atoms with Crippen molar-refractivity contribution in [3.8, 4) is 11.3 Å². The Hall–Kier alpha value is -2.30. The van der Waals surface area contributed by atoms with Gasteiger partial charge < -0.3 is 4.90 Å². The molecular weight excluding hydrogens is 240 g/mol. The highest BCUT2D eigenvalue weighted by Gasteiger charge is 2.17. The van der Waals surface area contributed by atoms with Crippen LogP contribution in [0, 0.1) is 0 Å². The summed E-state index contributed by atoms with van der Waals surface area (Å²) in [5, 5.41) is 0. The molecule has 0 atom stereocenters. The first-order chi connectivity index (χ1) is 9.33. The van der Waals surface area contributed by atoms with E-state index in [0.29, 0.717) is 18.6 Å². The van der Waals surface area contributed by atoms with Gasteiger partial charge in [0, 0.05) is 50.0 Å². The summed E-state index contributed by atoms with van der Waals surface area (Å²) in [6, 6.07) is 5.81. The lowest BCUT2D eigenvalue weighted by Gasteiger charge is -2.27. The van der Waals surface area contributed by atoms with Crippen LogP contribution < -0.4 is 4.90 Å². The average molecular weight is 254 g/mol. The van der Waals surface area contributed by atoms with Crippen molar-refractivity contribution in [1.82, 2.24) is 15.0 Å². The normalized spacial score (nSPS) is 15.6. The summed E-state index contributed by atoms with van der Waals surface area (Å²) in [7, 11) is 0. The highest BCUT2D eigenvalue weighted by atomic mass is 16.1. The van der Waals surface area contributed by atoms with Gasteiger partial charge in [0.2, 0.25) is 0 Å². The molecule has 3 heterocycles. The smallest absolute Gasteiger partial charge is 0.136 e. The van der Waals surface area contributed by atoms with Gasteiger partial charge in [0.05, 0.1) is 5.69 Å². The Labute approximate surface area is 111 Å². The number of ketones is 1. The molecule has 2 aromatic heterocycles. The van der Waals surface area contributed by atoms with E-state index in [0.717, 1.165) is 30.2 Å². The molecule has 5 nitrogen and oxygen atoms in total. The predicted octanol–water partition coefficient (Wildman–Crippen LogP) is 1.71. The van der Waals surface area contributed by atoms with E-state index < -0.39 is 0 Å². The topological polar surface area (TPSA) is 59.0 Å². The van der Waals surface area contributed by atoms with Crippen LogP contribution in [0.15, 0.2) is 36.9 Å². The highest BCUT2D eigenvalue weighted by Crippen LogP contribution is 2.21. The largest absolute Gasteiger partial charge is 0.356 e. The van der Waals surface area contributed by atoms with Gasteiger partial charge >= 0.3 is 0 Å². The van der Waals surface area contributed by atoms with Crippen molar-refractivity contribution in [1.29, 1.82) is 0 Å². The Morgan fingerprint density at radius 2 is 1.79 bits per heavy atom. The summed E-state index contributed by atoms with van der Waals surface area (Å²) in [5.74, 6) is 1.22. The van der Waals surface area contributed by atoms with Crippen LogP contribution in [0.25, 0.3) is 11.3 Å². The maximum atomic E-state index is 11.3. The lowest BCUT2D eigenvalue weighted by Crippen LogP contribution is -2.34.